The standard InChI is InChI=1S/C12H15FN2O3/c13-10-1-2-12(11(7-10)15(16)17)18-6-4-9-3-5-14-8-9/h1-2,7,9,14H,3-6,8H2. The smallest absolute Gasteiger partial charge is 0.313 e. The summed E-state index contributed by atoms with van der Waals surface area (Å²) < 4.78 is 18.3. The van der Waals surface area contributed by atoms with E-state index in [-0.39, 0.29) is 11.4 Å². The van der Waals surface area contributed by atoms with Crippen molar-refractivity contribution in [2.24, 2.45) is 5.92 Å². The molecular weight excluding hydrogens is 239 g/mol. The molecule has 0 saturated carbocycles. The summed E-state index contributed by atoms with van der Waals surface area (Å²) in [5.41, 5.74) is -0.320. The number of benzene rings is 1. The molecule has 1 aliphatic heterocycles. The van der Waals surface area contributed by atoms with Crippen molar-refractivity contribution in [2.45, 2.75) is 12.8 Å². The molecule has 1 aliphatic rings. The van der Waals surface area contributed by atoms with E-state index in [2.05, 4.69) is 5.32 Å². The van der Waals surface area contributed by atoms with Crippen LogP contribution in [0.5, 0.6) is 5.75 Å². The molecule has 0 spiro atoms. The molecule has 0 aromatic heterocycles. The van der Waals surface area contributed by atoms with Gasteiger partial charge in [-0.15, -0.1) is 0 Å². The maximum Gasteiger partial charge on any atom is 0.313 e. The van der Waals surface area contributed by atoms with E-state index in [1.807, 2.05) is 0 Å². The minimum atomic E-state index is -0.631. The summed E-state index contributed by atoms with van der Waals surface area (Å²) in [6, 6.07) is 3.35. The lowest BCUT2D eigenvalue weighted by molar-refractivity contribution is -0.386. The average Bonchev–Trinajstić information content (AvgIpc) is 2.84. The Balaban J connectivity index is 1.93. The van der Waals surface area contributed by atoms with Crippen molar-refractivity contribution in [2.75, 3.05) is 19.7 Å². The highest BCUT2D eigenvalue weighted by molar-refractivity contribution is 5.46. The summed E-state index contributed by atoms with van der Waals surface area (Å²) in [5.74, 6) is 0.0610. The molecule has 1 atom stereocenters. The first-order valence-corrected chi connectivity index (χ1v) is 5.94. The zero-order valence-electron chi connectivity index (χ0n) is 9.89. The number of hydrogen-bond donors (Lipinski definition) is 1. The second-order valence-electron chi connectivity index (χ2n) is 4.37. The molecule has 6 heteroatoms. The molecule has 1 heterocycles. The molecule has 1 N–H and O–H groups in total. The lowest BCUT2D eigenvalue weighted by Gasteiger charge is -2.10. The first kappa shape index (κ1) is 12.8. The van der Waals surface area contributed by atoms with Crippen molar-refractivity contribution in [3.8, 4) is 5.75 Å². The molecule has 5 nitrogen and oxygen atoms in total. The summed E-state index contributed by atoms with van der Waals surface area (Å²) in [6.07, 6.45) is 1.95. The van der Waals surface area contributed by atoms with Crippen molar-refractivity contribution < 1.29 is 14.1 Å². The zero-order valence-corrected chi connectivity index (χ0v) is 9.89. The number of nitrogens with one attached hydrogen (secondary N) is 1. The third-order valence-corrected chi connectivity index (χ3v) is 3.06. The first-order valence-electron chi connectivity index (χ1n) is 5.94. The molecular formula is C12H15FN2O3. The Labute approximate surface area is 104 Å². The molecule has 2 rings (SSSR count). The Hall–Kier alpha value is -1.69. The fraction of sp³-hybridized carbons (Fsp3) is 0.500. The molecule has 1 fully saturated rings. The van der Waals surface area contributed by atoms with Gasteiger partial charge < -0.3 is 10.1 Å². The summed E-state index contributed by atoms with van der Waals surface area (Å²) in [5, 5.41) is 14.0. The minimum absolute atomic E-state index is 0.132. The number of rotatable bonds is 5. The molecule has 1 aromatic carbocycles. The Morgan fingerprint density at radius 1 is 1.56 bits per heavy atom. The van der Waals surface area contributed by atoms with E-state index >= 15 is 0 Å². The summed E-state index contributed by atoms with van der Waals surface area (Å²) >= 11 is 0. The molecule has 1 unspecified atom stereocenters. The van der Waals surface area contributed by atoms with Crippen LogP contribution in [-0.2, 0) is 0 Å². The normalized spacial score (nSPS) is 18.8. The average molecular weight is 254 g/mol. The van der Waals surface area contributed by atoms with Gasteiger partial charge in [0, 0.05) is 0 Å². The minimum Gasteiger partial charge on any atom is -0.487 e. The molecule has 0 amide bonds. The van der Waals surface area contributed by atoms with Gasteiger partial charge >= 0.3 is 5.69 Å². The van der Waals surface area contributed by atoms with Crippen LogP contribution in [0.4, 0.5) is 10.1 Å². The van der Waals surface area contributed by atoms with Crippen molar-refractivity contribution in [3.63, 3.8) is 0 Å². The Bertz CT molecular complexity index is 433. The highest BCUT2D eigenvalue weighted by Gasteiger charge is 2.18. The number of halogens is 1. The van der Waals surface area contributed by atoms with Gasteiger partial charge in [0.25, 0.3) is 0 Å². The van der Waals surface area contributed by atoms with Crippen molar-refractivity contribution in [1.29, 1.82) is 0 Å². The van der Waals surface area contributed by atoms with Crippen LogP contribution in [-0.4, -0.2) is 24.6 Å². The van der Waals surface area contributed by atoms with Crippen molar-refractivity contribution >= 4 is 5.69 Å². The van der Waals surface area contributed by atoms with E-state index in [4.69, 9.17) is 4.74 Å². The third kappa shape index (κ3) is 3.16. The van der Waals surface area contributed by atoms with Crippen LogP contribution in [0.1, 0.15) is 12.8 Å². The fourth-order valence-electron chi connectivity index (χ4n) is 2.05. The van der Waals surface area contributed by atoms with Gasteiger partial charge in [0.05, 0.1) is 17.6 Å². The third-order valence-electron chi connectivity index (χ3n) is 3.06. The van der Waals surface area contributed by atoms with E-state index in [1.54, 1.807) is 0 Å². The van der Waals surface area contributed by atoms with E-state index in [0.29, 0.717) is 12.5 Å². The Morgan fingerprint density at radius 2 is 2.39 bits per heavy atom. The quantitative estimate of drug-likeness (QED) is 0.645. The maximum atomic E-state index is 12.9. The highest BCUT2D eigenvalue weighted by Crippen LogP contribution is 2.27. The largest absolute Gasteiger partial charge is 0.487 e. The summed E-state index contributed by atoms with van der Waals surface area (Å²) in [6.45, 7) is 2.40. The van der Waals surface area contributed by atoms with Crippen LogP contribution < -0.4 is 10.1 Å². The topological polar surface area (TPSA) is 64.4 Å². The van der Waals surface area contributed by atoms with E-state index < -0.39 is 10.7 Å². The van der Waals surface area contributed by atoms with E-state index in [9.17, 15) is 14.5 Å². The Kier molecular flexibility index (Phi) is 4.09. The van der Waals surface area contributed by atoms with Gasteiger partial charge in [-0.3, -0.25) is 10.1 Å². The van der Waals surface area contributed by atoms with Crippen LogP contribution in [0, 0.1) is 21.8 Å². The number of nitro benzene ring substituents is 1. The van der Waals surface area contributed by atoms with Gasteiger partial charge in [-0.2, -0.15) is 0 Å². The van der Waals surface area contributed by atoms with Crippen LogP contribution in [0.2, 0.25) is 0 Å². The van der Waals surface area contributed by atoms with Crippen LogP contribution >= 0.6 is 0 Å². The molecule has 98 valence electrons. The summed E-state index contributed by atoms with van der Waals surface area (Å²) in [7, 11) is 0. The second-order valence-corrected chi connectivity index (χ2v) is 4.37. The maximum absolute atomic E-state index is 12.9. The lowest BCUT2D eigenvalue weighted by atomic mass is 10.1. The zero-order chi connectivity index (χ0) is 13.0. The van der Waals surface area contributed by atoms with Crippen LogP contribution in [0.3, 0.4) is 0 Å². The fourth-order valence-corrected chi connectivity index (χ4v) is 2.05. The number of nitro groups is 1. The monoisotopic (exact) mass is 254 g/mol. The molecule has 1 saturated heterocycles. The van der Waals surface area contributed by atoms with E-state index in [0.717, 1.165) is 32.0 Å². The second kappa shape index (κ2) is 5.77. The molecule has 0 radical (unpaired) electrons. The van der Waals surface area contributed by atoms with Crippen LogP contribution in [0.25, 0.3) is 0 Å². The highest BCUT2D eigenvalue weighted by atomic mass is 19.1. The Morgan fingerprint density at radius 3 is 3.06 bits per heavy atom. The van der Waals surface area contributed by atoms with Gasteiger partial charge in [0.2, 0.25) is 0 Å². The predicted molar refractivity (Wildman–Crippen MR) is 64.1 cm³/mol. The lowest BCUT2D eigenvalue weighted by Crippen LogP contribution is -2.12. The predicted octanol–water partition coefficient (Wildman–Crippen LogP) is 2.11. The first-order chi connectivity index (χ1) is 8.66. The molecule has 18 heavy (non-hydrogen) atoms. The van der Waals surface area contributed by atoms with Crippen molar-refractivity contribution in [3.05, 3.63) is 34.1 Å². The van der Waals surface area contributed by atoms with Gasteiger partial charge in [-0.05, 0) is 44.0 Å². The van der Waals surface area contributed by atoms with Crippen LogP contribution in [0.15, 0.2) is 18.2 Å². The van der Waals surface area contributed by atoms with E-state index in [1.165, 1.54) is 12.1 Å². The number of ether oxygens (including phenoxy) is 1. The number of hydrogen-bond acceptors (Lipinski definition) is 4. The van der Waals surface area contributed by atoms with Gasteiger partial charge in [0.1, 0.15) is 5.82 Å². The molecule has 0 bridgehead atoms. The van der Waals surface area contributed by atoms with Gasteiger partial charge in [0.15, 0.2) is 5.75 Å². The number of nitrogens with zero attached hydrogens (tertiary/aromatic N) is 1. The SMILES string of the molecule is O=[N+]([O-])c1cc(F)ccc1OCCC1CCNC1. The molecule has 0 aliphatic carbocycles. The van der Waals surface area contributed by atoms with Crippen molar-refractivity contribution in [1.82, 2.24) is 5.32 Å². The van der Waals surface area contributed by atoms with Gasteiger partial charge in [-0.1, -0.05) is 0 Å². The molecule has 1 aromatic rings. The summed E-state index contributed by atoms with van der Waals surface area (Å²) in [4.78, 5) is 10.1. The van der Waals surface area contributed by atoms with Gasteiger partial charge in [-0.25, -0.2) is 4.39 Å².